The van der Waals surface area contributed by atoms with Gasteiger partial charge in [-0.15, -0.1) is 19.8 Å². The van der Waals surface area contributed by atoms with E-state index in [1.54, 1.807) is 11.3 Å². The molecule has 0 saturated heterocycles. The van der Waals surface area contributed by atoms with Crippen molar-refractivity contribution in [1.82, 2.24) is 0 Å². The number of hydrogen-bond donors (Lipinski definition) is 0. The maximum absolute atomic E-state index is 10.7. The fraction of sp³-hybridized carbons (Fsp3) is 0. The number of rotatable bonds is 2. The van der Waals surface area contributed by atoms with Gasteiger partial charge in [0.15, 0.2) is 0 Å². The molecule has 16 heavy (non-hydrogen) atoms. The van der Waals surface area contributed by atoms with Gasteiger partial charge in [-0.25, -0.2) is 0 Å². The molecule has 0 N–H and O–H groups in total. The molecule has 0 unspecified atom stereocenters. The van der Waals surface area contributed by atoms with E-state index in [0.29, 0.717) is 0 Å². The quantitative estimate of drug-likeness (QED) is 0.630. The molecule has 2 aromatic rings. The first-order chi connectivity index (χ1) is 7.27. The van der Waals surface area contributed by atoms with Crippen molar-refractivity contribution < 1.29 is 27.9 Å². The Kier molecular flexibility index (Phi) is 5.42. The molecule has 0 aliphatic heterocycles. The zero-order valence-electron chi connectivity index (χ0n) is 8.29. The van der Waals surface area contributed by atoms with Crippen molar-refractivity contribution in [1.29, 1.82) is 0 Å². The molecule has 0 spiro atoms. The van der Waals surface area contributed by atoms with Crippen LogP contribution in [-0.4, -0.2) is 8.42 Å². The van der Waals surface area contributed by atoms with Crippen LogP contribution < -0.4 is 0 Å². The summed E-state index contributed by atoms with van der Waals surface area (Å²) in [4.78, 5) is 1.86. The van der Waals surface area contributed by atoms with E-state index >= 15 is 0 Å². The third kappa shape index (κ3) is 3.29. The summed E-state index contributed by atoms with van der Waals surface area (Å²) in [6.07, 6.45) is 0. The molecule has 0 aliphatic rings. The van der Waals surface area contributed by atoms with Crippen LogP contribution >= 0.6 is 11.3 Å². The minimum atomic E-state index is -2.12. The van der Waals surface area contributed by atoms with Crippen molar-refractivity contribution in [3.63, 3.8) is 0 Å². The number of thiophene rings is 1. The van der Waals surface area contributed by atoms with Crippen molar-refractivity contribution in [2.24, 2.45) is 0 Å². The minimum absolute atomic E-state index is 0. The molecule has 0 amide bonds. The molecule has 0 radical (unpaired) electrons. The molecule has 6 heteroatoms. The van der Waals surface area contributed by atoms with Crippen LogP contribution in [0.4, 0.5) is 0 Å². The second kappa shape index (κ2) is 6.35. The van der Waals surface area contributed by atoms with E-state index in [4.69, 9.17) is 0 Å². The summed E-state index contributed by atoms with van der Waals surface area (Å²) in [7, 11) is -1.27. The van der Waals surface area contributed by atoms with Crippen LogP contribution in [0.3, 0.4) is 0 Å². The van der Waals surface area contributed by atoms with Crippen molar-refractivity contribution in [2.45, 2.75) is 4.90 Å². The molecule has 1 heterocycles. The Balaban J connectivity index is 0.00000128. The maximum Gasteiger partial charge on any atom is 0.478 e. The van der Waals surface area contributed by atoms with E-state index in [9.17, 15) is 8.42 Å². The van der Waals surface area contributed by atoms with Gasteiger partial charge in [-0.3, -0.25) is 0 Å². The molecule has 1 aromatic heterocycles. The van der Waals surface area contributed by atoms with Crippen molar-refractivity contribution in [3.05, 3.63) is 41.8 Å². The summed E-state index contributed by atoms with van der Waals surface area (Å²) in [5.74, 6) is 0. The summed E-state index contributed by atoms with van der Waals surface area (Å²) in [5.41, 5.74) is 0.974. The molecular weight excluding hydrogens is 314 g/mol. The molecule has 0 aliphatic carbocycles. The number of hydrogen-bond acceptors (Lipinski definition) is 3. The normalized spacial score (nSPS) is 9.25. The molecule has 78 valence electrons. The predicted octanol–water partition coefficient (Wildman–Crippen LogP) is 2.65. The third-order valence-corrected chi connectivity index (χ3v) is 4.35. The molecular formula is C10H7O2S3Zn+. The Morgan fingerprint density at radius 3 is 2.44 bits per heavy atom. The third-order valence-electron chi connectivity index (χ3n) is 1.83. The van der Waals surface area contributed by atoms with Gasteiger partial charge in [0.1, 0.15) is 0 Å². The predicted molar refractivity (Wildman–Crippen MR) is 64.3 cm³/mol. The summed E-state index contributed by atoms with van der Waals surface area (Å²) < 4.78 is 21.3. The van der Waals surface area contributed by atoms with E-state index in [0.717, 1.165) is 25.7 Å². The second-order valence-corrected chi connectivity index (χ2v) is 6.04. The van der Waals surface area contributed by atoms with E-state index in [1.165, 1.54) is 0 Å². The molecule has 0 atom stereocenters. The minimum Gasteiger partial charge on any atom is -0.144 e. The van der Waals surface area contributed by atoms with Crippen LogP contribution in [0.2, 0.25) is 0 Å². The van der Waals surface area contributed by atoms with Crippen molar-refractivity contribution >= 4 is 30.9 Å². The largest absolute Gasteiger partial charge is 0.478 e. The molecule has 2 nitrogen and oxygen atoms in total. The Hall–Kier alpha value is -0.417. The van der Waals surface area contributed by atoms with Gasteiger partial charge >= 0.3 is 19.6 Å². The van der Waals surface area contributed by atoms with Gasteiger partial charge < -0.3 is 0 Å². The van der Waals surface area contributed by atoms with Crippen LogP contribution in [0.5, 0.6) is 0 Å². The van der Waals surface area contributed by atoms with E-state index in [1.807, 2.05) is 41.8 Å². The van der Waals surface area contributed by atoms with E-state index in [2.05, 4.69) is 0 Å². The summed E-state index contributed by atoms with van der Waals surface area (Å²) in [6.45, 7) is 0. The van der Waals surface area contributed by atoms with E-state index < -0.39 is 9.26 Å². The molecule has 2 rings (SSSR count). The summed E-state index contributed by atoms with van der Waals surface area (Å²) in [5, 5.41) is 1.98. The van der Waals surface area contributed by atoms with Crippen LogP contribution in [0.1, 0.15) is 0 Å². The Labute approximate surface area is 115 Å². The fourth-order valence-electron chi connectivity index (χ4n) is 1.25. The van der Waals surface area contributed by atoms with Crippen LogP contribution in [0.25, 0.3) is 10.4 Å². The summed E-state index contributed by atoms with van der Waals surface area (Å²) in [6, 6.07) is 11.4. The van der Waals surface area contributed by atoms with Crippen molar-refractivity contribution in [3.8, 4) is 10.4 Å². The first-order valence-corrected chi connectivity index (χ1v) is 7.46. The van der Waals surface area contributed by atoms with Gasteiger partial charge in [0.25, 0.3) is 4.90 Å². The van der Waals surface area contributed by atoms with Crippen LogP contribution in [-0.2, 0) is 39.1 Å². The smallest absolute Gasteiger partial charge is 0.144 e. The Bertz CT molecular complexity index is 580. The first-order valence-electron chi connectivity index (χ1n) is 4.18. The Morgan fingerprint density at radius 1 is 1.06 bits per heavy atom. The van der Waals surface area contributed by atoms with Gasteiger partial charge in [0.05, 0.1) is 5.56 Å². The van der Waals surface area contributed by atoms with Gasteiger partial charge in [-0.05, 0) is 17.5 Å². The van der Waals surface area contributed by atoms with Crippen LogP contribution in [0, 0.1) is 0 Å². The van der Waals surface area contributed by atoms with Gasteiger partial charge in [-0.2, -0.15) is 0 Å². The maximum atomic E-state index is 10.7. The fourth-order valence-corrected chi connectivity index (χ4v) is 3.50. The van der Waals surface area contributed by atoms with E-state index in [-0.39, 0.29) is 19.5 Å². The zero-order chi connectivity index (χ0) is 10.7. The first kappa shape index (κ1) is 13.6. The van der Waals surface area contributed by atoms with Crippen molar-refractivity contribution in [2.75, 3.05) is 0 Å². The average Bonchev–Trinajstić information content (AvgIpc) is 2.70. The van der Waals surface area contributed by atoms with Crippen LogP contribution in [0.15, 0.2) is 46.7 Å². The van der Waals surface area contributed by atoms with Gasteiger partial charge in [0.2, 0.25) is 0 Å². The number of benzene rings is 1. The zero-order valence-corrected chi connectivity index (χ0v) is 13.7. The Morgan fingerprint density at radius 2 is 1.81 bits per heavy atom. The molecule has 0 bridgehead atoms. The standard InChI is InChI=1S/C10H7O2S3.Zn/c11-15(12)14-10-5-2-1-4-8(10)9-6-3-7-13-9;/h1-7H;/q+1;. The average molecular weight is 321 g/mol. The monoisotopic (exact) mass is 319 g/mol. The SMILES string of the molecule is O=S(=O)=[S+]c1ccccc1-c1cccs1.[Zn]. The topological polar surface area (TPSA) is 34.1 Å². The molecule has 0 saturated carbocycles. The summed E-state index contributed by atoms with van der Waals surface area (Å²) >= 11 is 1.60. The molecule has 1 aromatic carbocycles. The van der Waals surface area contributed by atoms with Gasteiger partial charge in [0, 0.05) is 30.4 Å². The second-order valence-electron chi connectivity index (χ2n) is 2.76. The molecule has 0 fully saturated rings. The van der Waals surface area contributed by atoms with Gasteiger partial charge in [-0.1, -0.05) is 18.2 Å².